The normalized spacial score (nSPS) is 16.8. The lowest BCUT2D eigenvalue weighted by Crippen LogP contribution is -2.29. The second kappa shape index (κ2) is 5.32. The van der Waals surface area contributed by atoms with Gasteiger partial charge in [-0.1, -0.05) is 31.2 Å². The summed E-state index contributed by atoms with van der Waals surface area (Å²) in [4.78, 5) is 11.2. The Morgan fingerprint density at radius 3 is 2.53 bits per heavy atom. The molecule has 3 heteroatoms. The molecule has 0 amide bonds. The van der Waals surface area contributed by atoms with Crippen molar-refractivity contribution in [2.45, 2.75) is 38.1 Å². The second-order valence-corrected chi connectivity index (χ2v) is 4.67. The first-order valence-electron chi connectivity index (χ1n) is 6.28. The Hall–Kier alpha value is -1.35. The van der Waals surface area contributed by atoms with Crippen molar-refractivity contribution in [3.63, 3.8) is 0 Å². The van der Waals surface area contributed by atoms with Gasteiger partial charge in [-0.25, -0.2) is 0 Å². The van der Waals surface area contributed by atoms with Gasteiger partial charge in [-0.3, -0.25) is 4.79 Å². The molecule has 92 valence electrons. The molecule has 0 aliphatic heterocycles. The van der Waals surface area contributed by atoms with E-state index in [-0.39, 0.29) is 0 Å². The van der Waals surface area contributed by atoms with Crippen LogP contribution in [0.15, 0.2) is 24.3 Å². The lowest BCUT2D eigenvalue weighted by Gasteiger charge is -2.14. The van der Waals surface area contributed by atoms with E-state index in [0.29, 0.717) is 0 Å². The van der Waals surface area contributed by atoms with Gasteiger partial charge in [0.25, 0.3) is 0 Å². The van der Waals surface area contributed by atoms with Crippen molar-refractivity contribution in [3.8, 4) is 0 Å². The van der Waals surface area contributed by atoms with Crippen LogP contribution < -0.4 is 5.32 Å². The highest BCUT2D eigenvalue weighted by Crippen LogP contribution is 2.40. The number of nitrogens with one attached hydrogen (secondary N) is 1. The predicted molar refractivity (Wildman–Crippen MR) is 67.1 cm³/mol. The monoisotopic (exact) mass is 233 g/mol. The molecule has 0 heterocycles. The summed E-state index contributed by atoms with van der Waals surface area (Å²) in [5.41, 5.74) is 2.18. The Bertz CT molecular complexity index is 382. The van der Waals surface area contributed by atoms with Crippen LogP contribution in [0.1, 0.15) is 49.3 Å². The van der Waals surface area contributed by atoms with E-state index in [2.05, 4.69) is 17.4 Å². The maximum Gasteiger partial charge on any atom is 0.325 e. The quantitative estimate of drug-likeness (QED) is 0.794. The molecule has 2 rings (SSSR count). The van der Waals surface area contributed by atoms with Gasteiger partial charge in [0, 0.05) is 0 Å². The SMILES string of the molecule is CCCNC(C(=O)O)c1ccc(C2CC2)cc1. The molecule has 0 spiro atoms. The van der Waals surface area contributed by atoms with Crippen molar-refractivity contribution < 1.29 is 9.90 Å². The Kier molecular flexibility index (Phi) is 3.79. The van der Waals surface area contributed by atoms with Gasteiger partial charge in [-0.05, 0) is 42.9 Å². The van der Waals surface area contributed by atoms with E-state index in [1.165, 1.54) is 18.4 Å². The van der Waals surface area contributed by atoms with Crippen LogP contribution in [0.2, 0.25) is 0 Å². The minimum Gasteiger partial charge on any atom is -0.480 e. The Labute approximate surface area is 102 Å². The average molecular weight is 233 g/mol. The van der Waals surface area contributed by atoms with Crippen LogP contribution in [-0.4, -0.2) is 17.6 Å². The number of carboxylic acids is 1. The van der Waals surface area contributed by atoms with E-state index < -0.39 is 12.0 Å². The first kappa shape index (κ1) is 12.1. The van der Waals surface area contributed by atoms with Crippen molar-refractivity contribution in [1.82, 2.24) is 5.32 Å². The van der Waals surface area contributed by atoms with E-state index in [0.717, 1.165) is 24.4 Å². The molecular weight excluding hydrogens is 214 g/mol. The van der Waals surface area contributed by atoms with Crippen molar-refractivity contribution in [2.75, 3.05) is 6.54 Å². The van der Waals surface area contributed by atoms with Crippen molar-refractivity contribution in [3.05, 3.63) is 35.4 Å². The first-order valence-corrected chi connectivity index (χ1v) is 6.28. The highest BCUT2D eigenvalue weighted by atomic mass is 16.4. The summed E-state index contributed by atoms with van der Waals surface area (Å²) in [7, 11) is 0. The highest BCUT2D eigenvalue weighted by Gasteiger charge is 2.24. The highest BCUT2D eigenvalue weighted by molar-refractivity contribution is 5.75. The zero-order valence-corrected chi connectivity index (χ0v) is 10.1. The number of carbonyl (C=O) groups is 1. The molecule has 1 aliphatic carbocycles. The molecule has 0 radical (unpaired) electrons. The number of carboxylic acid groups (broad SMARTS) is 1. The van der Waals surface area contributed by atoms with Gasteiger partial charge in [-0.15, -0.1) is 0 Å². The smallest absolute Gasteiger partial charge is 0.325 e. The summed E-state index contributed by atoms with van der Waals surface area (Å²) >= 11 is 0. The summed E-state index contributed by atoms with van der Waals surface area (Å²) in [6.07, 6.45) is 3.48. The number of hydrogen-bond acceptors (Lipinski definition) is 2. The van der Waals surface area contributed by atoms with Gasteiger partial charge in [0.15, 0.2) is 0 Å². The molecule has 1 fully saturated rings. The van der Waals surface area contributed by atoms with Crippen LogP contribution in [0.5, 0.6) is 0 Å². The lowest BCUT2D eigenvalue weighted by atomic mass is 10.0. The molecule has 0 bridgehead atoms. The average Bonchev–Trinajstić information content (AvgIpc) is 3.14. The molecular formula is C14H19NO2. The molecule has 1 aromatic carbocycles. The summed E-state index contributed by atoms with van der Waals surface area (Å²) < 4.78 is 0. The summed E-state index contributed by atoms with van der Waals surface area (Å²) in [5, 5.41) is 12.2. The molecule has 0 aromatic heterocycles. The summed E-state index contributed by atoms with van der Waals surface area (Å²) in [6, 6.07) is 7.43. The van der Waals surface area contributed by atoms with Crippen molar-refractivity contribution >= 4 is 5.97 Å². The Morgan fingerprint density at radius 1 is 1.41 bits per heavy atom. The van der Waals surface area contributed by atoms with E-state index in [1.807, 2.05) is 19.1 Å². The molecule has 0 saturated heterocycles. The fourth-order valence-corrected chi connectivity index (χ4v) is 2.01. The van der Waals surface area contributed by atoms with Crippen molar-refractivity contribution in [2.24, 2.45) is 0 Å². The summed E-state index contributed by atoms with van der Waals surface area (Å²) in [6.45, 7) is 2.75. The van der Waals surface area contributed by atoms with Crippen molar-refractivity contribution in [1.29, 1.82) is 0 Å². The maximum absolute atomic E-state index is 11.2. The van der Waals surface area contributed by atoms with Crippen LogP contribution in [-0.2, 0) is 4.79 Å². The molecule has 2 N–H and O–H groups in total. The maximum atomic E-state index is 11.2. The molecule has 1 aliphatic rings. The number of hydrogen-bond donors (Lipinski definition) is 2. The third-order valence-corrected chi connectivity index (χ3v) is 3.16. The van der Waals surface area contributed by atoms with E-state index in [4.69, 9.17) is 0 Å². The molecule has 1 saturated carbocycles. The Morgan fingerprint density at radius 2 is 2.06 bits per heavy atom. The largest absolute Gasteiger partial charge is 0.480 e. The molecule has 1 atom stereocenters. The third kappa shape index (κ3) is 3.07. The fraction of sp³-hybridized carbons (Fsp3) is 0.500. The van der Waals surface area contributed by atoms with E-state index in [9.17, 15) is 9.90 Å². The minimum atomic E-state index is -0.808. The van der Waals surface area contributed by atoms with Gasteiger partial charge >= 0.3 is 5.97 Å². The first-order chi connectivity index (χ1) is 8.22. The molecule has 1 unspecified atom stereocenters. The standard InChI is InChI=1S/C14H19NO2/c1-2-9-15-13(14(16)17)12-7-5-11(6-8-12)10-3-4-10/h5-8,10,13,15H,2-4,9H2,1H3,(H,16,17). The van der Waals surface area contributed by atoms with Gasteiger partial charge in [0.2, 0.25) is 0 Å². The van der Waals surface area contributed by atoms with E-state index in [1.54, 1.807) is 0 Å². The zero-order chi connectivity index (χ0) is 12.3. The fourth-order valence-electron chi connectivity index (χ4n) is 2.01. The third-order valence-electron chi connectivity index (χ3n) is 3.16. The molecule has 1 aromatic rings. The van der Waals surface area contributed by atoms with Gasteiger partial charge in [0.05, 0.1) is 0 Å². The van der Waals surface area contributed by atoms with Crippen LogP contribution in [0, 0.1) is 0 Å². The lowest BCUT2D eigenvalue weighted by molar-refractivity contribution is -0.139. The second-order valence-electron chi connectivity index (χ2n) is 4.67. The van der Waals surface area contributed by atoms with Gasteiger partial charge < -0.3 is 10.4 Å². The van der Waals surface area contributed by atoms with Crippen LogP contribution in [0.3, 0.4) is 0 Å². The van der Waals surface area contributed by atoms with Crippen LogP contribution >= 0.6 is 0 Å². The minimum absolute atomic E-state index is 0.580. The zero-order valence-electron chi connectivity index (χ0n) is 10.1. The number of aliphatic carboxylic acids is 1. The molecule has 3 nitrogen and oxygen atoms in total. The van der Waals surface area contributed by atoms with Gasteiger partial charge in [-0.2, -0.15) is 0 Å². The number of rotatable bonds is 6. The van der Waals surface area contributed by atoms with Crippen LogP contribution in [0.4, 0.5) is 0 Å². The van der Waals surface area contributed by atoms with Crippen LogP contribution in [0.25, 0.3) is 0 Å². The Balaban J connectivity index is 2.08. The van der Waals surface area contributed by atoms with E-state index >= 15 is 0 Å². The topological polar surface area (TPSA) is 49.3 Å². The predicted octanol–water partition coefficient (Wildman–Crippen LogP) is 2.69. The summed E-state index contributed by atoms with van der Waals surface area (Å²) in [5.74, 6) is -0.0893. The number of benzene rings is 1. The van der Waals surface area contributed by atoms with Gasteiger partial charge in [0.1, 0.15) is 6.04 Å². The molecule has 17 heavy (non-hydrogen) atoms.